The molecule has 1 atom stereocenters. The second-order valence-corrected chi connectivity index (χ2v) is 8.68. The van der Waals surface area contributed by atoms with Gasteiger partial charge in [-0.3, -0.25) is 4.79 Å². The van der Waals surface area contributed by atoms with Crippen molar-refractivity contribution in [3.05, 3.63) is 66.6 Å². The Hall–Kier alpha value is -1.89. The van der Waals surface area contributed by atoms with Crippen LogP contribution < -0.4 is 10.3 Å². The molecule has 0 aliphatic carbocycles. The van der Waals surface area contributed by atoms with Crippen LogP contribution in [0.2, 0.25) is 10.0 Å². The summed E-state index contributed by atoms with van der Waals surface area (Å²) in [6.45, 7) is 6.01. The number of nitrogens with zero attached hydrogens (tertiary/aromatic N) is 3. The zero-order valence-electron chi connectivity index (χ0n) is 17.0. The maximum Gasteiger partial charge on any atom is 0.282 e. The van der Waals surface area contributed by atoms with E-state index in [-0.39, 0.29) is 11.7 Å². The van der Waals surface area contributed by atoms with Gasteiger partial charge < -0.3 is 4.74 Å². The van der Waals surface area contributed by atoms with Crippen molar-refractivity contribution in [3.63, 3.8) is 0 Å². The molecule has 3 aromatic rings. The number of hydrogen-bond donors (Lipinski definition) is 0. The van der Waals surface area contributed by atoms with Crippen LogP contribution in [0.25, 0.3) is 10.9 Å². The Balaban J connectivity index is 2.04. The monoisotopic (exact) mass is 509 g/mol. The van der Waals surface area contributed by atoms with Crippen molar-refractivity contribution >= 4 is 56.2 Å². The minimum absolute atomic E-state index is 0.00213. The summed E-state index contributed by atoms with van der Waals surface area (Å²) in [5, 5.41) is 5.69. The summed E-state index contributed by atoms with van der Waals surface area (Å²) in [6.07, 6.45) is 3.85. The number of benzene rings is 2. The van der Waals surface area contributed by atoms with Gasteiger partial charge in [0.1, 0.15) is 5.82 Å². The highest BCUT2D eigenvalue weighted by Crippen LogP contribution is 2.34. The van der Waals surface area contributed by atoms with Gasteiger partial charge >= 0.3 is 0 Å². The van der Waals surface area contributed by atoms with E-state index in [4.69, 9.17) is 27.9 Å². The molecule has 3 rings (SSSR count). The standard InChI is InChI=1S/C22H22BrCl2N3O2/c1-4-6-20-27-19-8-7-15(23)11-16(19)22(29)28(20)26-12-14-9-17(24)21(18(25)10-14)30-13(3)5-2/h7-13H,4-6H2,1-3H3/t13-/m0/s1. The van der Waals surface area contributed by atoms with Crippen molar-refractivity contribution in [2.45, 2.75) is 46.1 Å². The molecule has 0 unspecified atom stereocenters. The zero-order chi connectivity index (χ0) is 21.8. The Morgan fingerprint density at radius 2 is 1.93 bits per heavy atom. The topological polar surface area (TPSA) is 56.5 Å². The SMILES string of the molecule is CCCc1nc2ccc(Br)cc2c(=O)n1N=Cc1cc(Cl)c(O[C@@H](C)CC)c(Cl)c1. The average Bonchev–Trinajstić information content (AvgIpc) is 2.71. The summed E-state index contributed by atoms with van der Waals surface area (Å²) >= 11 is 16.1. The number of halogens is 3. The van der Waals surface area contributed by atoms with Crippen LogP contribution in [0, 0.1) is 0 Å². The molecule has 8 heteroatoms. The molecule has 0 amide bonds. The van der Waals surface area contributed by atoms with Gasteiger partial charge in [0.25, 0.3) is 5.56 Å². The lowest BCUT2D eigenvalue weighted by Crippen LogP contribution is -2.22. The molecule has 0 spiro atoms. The quantitative estimate of drug-likeness (QED) is 0.342. The number of aryl methyl sites for hydroxylation is 1. The van der Waals surface area contributed by atoms with E-state index in [1.165, 1.54) is 4.68 Å². The maximum absolute atomic E-state index is 13.1. The van der Waals surface area contributed by atoms with Crippen molar-refractivity contribution in [1.29, 1.82) is 0 Å². The molecule has 0 aliphatic rings. The normalized spacial score (nSPS) is 12.6. The highest BCUT2D eigenvalue weighted by atomic mass is 79.9. The molecule has 5 nitrogen and oxygen atoms in total. The van der Waals surface area contributed by atoms with Crippen LogP contribution in [-0.2, 0) is 6.42 Å². The lowest BCUT2D eigenvalue weighted by Gasteiger charge is -2.15. The van der Waals surface area contributed by atoms with E-state index in [2.05, 4.69) is 26.0 Å². The van der Waals surface area contributed by atoms with Crippen LogP contribution in [0.4, 0.5) is 0 Å². The van der Waals surface area contributed by atoms with E-state index < -0.39 is 0 Å². The van der Waals surface area contributed by atoms with Crippen molar-refractivity contribution in [1.82, 2.24) is 9.66 Å². The summed E-state index contributed by atoms with van der Waals surface area (Å²) in [7, 11) is 0. The van der Waals surface area contributed by atoms with Gasteiger partial charge in [0.05, 0.1) is 33.3 Å². The van der Waals surface area contributed by atoms with Gasteiger partial charge in [0.15, 0.2) is 5.75 Å². The number of aromatic nitrogens is 2. The van der Waals surface area contributed by atoms with Crippen LogP contribution in [0.15, 0.2) is 44.7 Å². The van der Waals surface area contributed by atoms with E-state index in [1.54, 1.807) is 24.4 Å². The average molecular weight is 511 g/mol. The first-order chi connectivity index (χ1) is 14.3. The van der Waals surface area contributed by atoms with E-state index >= 15 is 0 Å². The van der Waals surface area contributed by atoms with E-state index in [1.807, 2.05) is 32.9 Å². The Labute approximate surface area is 193 Å². The molecule has 0 saturated carbocycles. The smallest absolute Gasteiger partial charge is 0.282 e. The number of ether oxygens (including phenoxy) is 1. The number of fused-ring (bicyclic) bond motifs is 1. The fraction of sp³-hybridized carbons (Fsp3) is 0.318. The molecule has 1 heterocycles. The zero-order valence-corrected chi connectivity index (χ0v) is 20.1. The fourth-order valence-corrected chi connectivity index (χ4v) is 3.83. The highest BCUT2D eigenvalue weighted by molar-refractivity contribution is 9.10. The fourth-order valence-electron chi connectivity index (χ4n) is 2.87. The molecule has 158 valence electrons. The summed E-state index contributed by atoms with van der Waals surface area (Å²) in [5.41, 5.74) is 1.08. The largest absolute Gasteiger partial charge is 0.488 e. The minimum atomic E-state index is -0.227. The van der Waals surface area contributed by atoms with Gasteiger partial charge in [-0.1, -0.05) is 53.0 Å². The molecular formula is C22H22BrCl2N3O2. The summed E-state index contributed by atoms with van der Waals surface area (Å²) in [4.78, 5) is 17.7. The van der Waals surface area contributed by atoms with Crippen LogP contribution in [0.5, 0.6) is 5.75 Å². The van der Waals surface area contributed by atoms with Gasteiger partial charge in [-0.05, 0) is 55.7 Å². The number of rotatable bonds is 7. The first-order valence-electron chi connectivity index (χ1n) is 9.75. The van der Waals surface area contributed by atoms with Crippen LogP contribution >= 0.6 is 39.1 Å². The van der Waals surface area contributed by atoms with Gasteiger partial charge in [0.2, 0.25) is 0 Å². The third kappa shape index (κ3) is 5.05. The van der Waals surface area contributed by atoms with E-state index in [9.17, 15) is 4.79 Å². The Morgan fingerprint density at radius 3 is 2.57 bits per heavy atom. The van der Waals surface area contributed by atoms with Gasteiger partial charge in [-0.25, -0.2) is 4.98 Å². The summed E-state index contributed by atoms with van der Waals surface area (Å²) in [6, 6.07) is 8.87. The molecule has 2 aromatic carbocycles. The second kappa shape index (κ2) is 9.94. The van der Waals surface area contributed by atoms with Gasteiger partial charge in [-0.15, -0.1) is 0 Å². The van der Waals surface area contributed by atoms with Crippen LogP contribution in [-0.4, -0.2) is 22.0 Å². The molecule has 0 fully saturated rings. The molecule has 1 aromatic heterocycles. The lowest BCUT2D eigenvalue weighted by atomic mass is 10.2. The third-order valence-electron chi connectivity index (χ3n) is 4.59. The van der Waals surface area contributed by atoms with Crippen molar-refractivity contribution in [2.75, 3.05) is 0 Å². The van der Waals surface area contributed by atoms with Crippen molar-refractivity contribution in [3.8, 4) is 5.75 Å². The van der Waals surface area contributed by atoms with E-state index in [0.717, 1.165) is 17.3 Å². The molecular weight excluding hydrogens is 489 g/mol. The second-order valence-electron chi connectivity index (χ2n) is 6.95. The summed E-state index contributed by atoms with van der Waals surface area (Å²) in [5.74, 6) is 1.05. The van der Waals surface area contributed by atoms with Gasteiger partial charge in [-0.2, -0.15) is 9.78 Å². The predicted octanol–water partition coefficient (Wildman–Crippen LogP) is 6.48. The Morgan fingerprint density at radius 1 is 1.23 bits per heavy atom. The predicted molar refractivity (Wildman–Crippen MR) is 128 cm³/mol. The highest BCUT2D eigenvalue weighted by Gasteiger charge is 2.13. The third-order valence-corrected chi connectivity index (χ3v) is 5.64. The van der Waals surface area contributed by atoms with Crippen molar-refractivity contribution in [2.24, 2.45) is 5.10 Å². The maximum atomic E-state index is 13.1. The molecule has 0 aliphatic heterocycles. The molecule has 0 saturated heterocycles. The Kier molecular flexibility index (Phi) is 7.55. The van der Waals surface area contributed by atoms with Crippen LogP contribution in [0.1, 0.15) is 45.0 Å². The lowest BCUT2D eigenvalue weighted by molar-refractivity contribution is 0.218. The minimum Gasteiger partial charge on any atom is -0.488 e. The molecule has 0 bridgehead atoms. The molecule has 0 radical (unpaired) electrons. The first-order valence-corrected chi connectivity index (χ1v) is 11.3. The number of hydrogen-bond acceptors (Lipinski definition) is 4. The van der Waals surface area contributed by atoms with Crippen molar-refractivity contribution < 1.29 is 4.74 Å². The van der Waals surface area contributed by atoms with Gasteiger partial charge in [0, 0.05) is 10.9 Å². The summed E-state index contributed by atoms with van der Waals surface area (Å²) < 4.78 is 7.94. The van der Waals surface area contributed by atoms with E-state index in [0.29, 0.717) is 44.5 Å². The van der Waals surface area contributed by atoms with Crippen LogP contribution in [0.3, 0.4) is 0 Å². The Bertz CT molecular complexity index is 1140. The first kappa shape index (κ1) is 22.8. The molecule has 0 N–H and O–H groups in total. The molecule has 30 heavy (non-hydrogen) atoms.